The molecule has 0 unspecified atom stereocenters. The van der Waals surface area contributed by atoms with Crippen LogP contribution in [0.1, 0.15) is 21.7 Å². The number of amides is 1. The highest BCUT2D eigenvalue weighted by Gasteiger charge is 2.17. The zero-order chi connectivity index (χ0) is 19.0. The molecule has 1 amide bonds. The Hall–Kier alpha value is -3.35. The van der Waals surface area contributed by atoms with E-state index in [1.54, 1.807) is 16.9 Å². The molecule has 1 aliphatic heterocycles. The van der Waals surface area contributed by atoms with Crippen molar-refractivity contribution in [3.8, 4) is 11.6 Å². The van der Waals surface area contributed by atoms with E-state index < -0.39 is 0 Å². The second-order valence-electron chi connectivity index (χ2n) is 6.65. The number of likely N-dealkylation sites (N-methyl/N-ethyl adjacent to an activating group) is 1. The first kappa shape index (κ1) is 17.1. The number of benzene rings is 1. The lowest BCUT2D eigenvalue weighted by atomic mass is 10.1. The van der Waals surface area contributed by atoms with Crippen molar-refractivity contribution in [3.05, 3.63) is 59.5 Å². The molecule has 1 aromatic carbocycles. The minimum absolute atomic E-state index is 0.183. The Labute approximate surface area is 157 Å². The van der Waals surface area contributed by atoms with E-state index in [0.717, 1.165) is 29.4 Å². The zero-order valence-corrected chi connectivity index (χ0v) is 15.6. The number of hydrogen-bond acceptors (Lipinski definition) is 5. The van der Waals surface area contributed by atoms with Gasteiger partial charge in [0.2, 0.25) is 0 Å². The molecule has 0 bridgehead atoms. The number of nitrogens with one attached hydrogen (secondary N) is 1. The Bertz CT molecular complexity index is 994. The van der Waals surface area contributed by atoms with Crippen LogP contribution >= 0.6 is 0 Å². The molecule has 0 saturated heterocycles. The van der Waals surface area contributed by atoms with Crippen molar-refractivity contribution in [1.29, 1.82) is 0 Å². The third-order valence-corrected chi connectivity index (χ3v) is 4.55. The van der Waals surface area contributed by atoms with Gasteiger partial charge in [0.25, 0.3) is 5.91 Å². The van der Waals surface area contributed by atoms with Crippen molar-refractivity contribution >= 4 is 17.3 Å². The summed E-state index contributed by atoms with van der Waals surface area (Å²) in [5, 5.41) is 7.30. The number of aryl methyl sites for hydroxylation is 2. The van der Waals surface area contributed by atoms with Gasteiger partial charge in [-0.3, -0.25) is 4.79 Å². The van der Waals surface area contributed by atoms with Gasteiger partial charge in [0, 0.05) is 18.3 Å². The quantitative estimate of drug-likeness (QED) is 0.775. The van der Waals surface area contributed by atoms with Gasteiger partial charge in [-0.2, -0.15) is 5.10 Å². The normalized spacial score (nSPS) is 13.1. The number of rotatable bonds is 3. The average molecular weight is 363 g/mol. The van der Waals surface area contributed by atoms with Crippen LogP contribution in [0.2, 0.25) is 0 Å². The van der Waals surface area contributed by atoms with Gasteiger partial charge in [-0.15, -0.1) is 0 Å². The molecule has 3 heterocycles. The lowest BCUT2D eigenvalue weighted by molar-refractivity contribution is 0.102. The van der Waals surface area contributed by atoms with Gasteiger partial charge in [0.15, 0.2) is 5.82 Å². The number of anilines is 2. The second-order valence-corrected chi connectivity index (χ2v) is 6.65. The average Bonchev–Trinajstić information content (AvgIpc) is 3.00. The van der Waals surface area contributed by atoms with Crippen LogP contribution in [-0.2, 0) is 0 Å². The number of fused-ring (bicyclic) bond motifs is 1. The molecule has 0 fully saturated rings. The fraction of sp³-hybridized carbons (Fsp3) is 0.250. The summed E-state index contributed by atoms with van der Waals surface area (Å²) in [5.41, 5.74) is 4.08. The maximum atomic E-state index is 12.6. The van der Waals surface area contributed by atoms with Crippen LogP contribution in [0.4, 0.5) is 11.4 Å². The predicted molar refractivity (Wildman–Crippen MR) is 104 cm³/mol. The predicted octanol–water partition coefficient (Wildman–Crippen LogP) is 2.97. The molecule has 27 heavy (non-hydrogen) atoms. The van der Waals surface area contributed by atoms with Crippen LogP contribution in [0.25, 0.3) is 5.82 Å². The van der Waals surface area contributed by atoms with Gasteiger partial charge in [0.1, 0.15) is 12.4 Å². The summed E-state index contributed by atoms with van der Waals surface area (Å²) in [6.07, 6.45) is 1.64. The molecule has 1 N–H and O–H groups in total. The van der Waals surface area contributed by atoms with Crippen LogP contribution in [0.5, 0.6) is 5.75 Å². The van der Waals surface area contributed by atoms with Crippen LogP contribution in [0.3, 0.4) is 0 Å². The summed E-state index contributed by atoms with van der Waals surface area (Å²) in [6.45, 7) is 5.38. The number of nitrogens with zero attached hydrogens (tertiary/aromatic N) is 4. The van der Waals surface area contributed by atoms with E-state index in [0.29, 0.717) is 23.7 Å². The molecule has 7 nitrogen and oxygen atoms in total. The van der Waals surface area contributed by atoms with Crippen molar-refractivity contribution < 1.29 is 9.53 Å². The first-order valence-corrected chi connectivity index (χ1v) is 8.80. The molecule has 0 atom stereocenters. The molecule has 0 aliphatic carbocycles. The Balaban J connectivity index is 1.51. The number of aromatic nitrogens is 3. The molecular formula is C20H21N5O2. The van der Waals surface area contributed by atoms with Crippen molar-refractivity contribution in [2.45, 2.75) is 13.8 Å². The Morgan fingerprint density at radius 1 is 1.19 bits per heavy atom. The molecule has 0 spiro atoms. The maximum Gasteiger partial charge on any atom is 0.255 e. The summed E-state index contributed by atoms with van der Waals surface area (Å²) in [5.74, 6) is 1.33. The minimum atomic E-state index is -0.183. The third-order valence-electron chi connectivity index (χ3n) is 4.55. The van der Waals surface area contributed by atoms with Crippen molar-refractivity contribution in [2.24, 2.45) is 0 Å². The number of hydrogen-bond donors (Lipinski definition) is 1. The molecule has 0 radical (unpaired) electrons. The SMILES string of the molecule is Cc1cc(C)n(-c2ccc(NC(=O)c3ccc4c(c3)N(C)CCO4)cn2)n1. The lowest BCUT2D eigenvalue weighted by Crippen LogP contribution is -2.29. The van der Waals surface area contributed by atoms with E-state index in [1.165, 1.54) is 0 Å². The fourth-order valence-corrected chi connectivity index (χ4v) is 3.14. The van der Waals surface area contributed by atoms with E-state index in [9.17, 15) is 4.79 Å². The smallest absolute Gasteiger partial charge is 0.255 e. The molecular weight excluding hydrogens is 342 g/mol. The molecule has 2 aromatic heterocycles. The van der Waals surface area contributed by atoms with Gasteiger partial charge >= 0.3 is 0 Å². The first-order chi connectivity index (χ1) is 13.0. The molecule has 3 aromatic rings. The van der Waals surface area contributed by atoms with Gasteiger partial charge < -0.3 is 15.0 Å². The Morgan fingerprint density at radius 2 is 2.04 bits per heavy atom. The van der Waals surface area contributed by atoms with Crippen LogP contribution in [0.15, 0.2) is 42.6 Å². The van der Waals surface area contributed by atoms with E-state index in [4.69, 9.17) is 4.74 Å². The summed E-state index contributed by atoms with van der Waals surface area (Å²) < 4.78 is 7.40. The first-order valence-electron chi connectivity index (χ1n) is 8.80. The third kappa shape index (κ3) is 3.36. The fourth-order valence-electron chi connectivity index (χ4n) is 3.14. The number of pyridine rings is 1. The van der Waals surface area contributed by atoms with E-state index in [2.05, 4.69) is 20.3 Å². The van der Waals surface area contributed by atoms with E-state index in [-0.39, 0.29) is 5.91 Å². The van der Waals surface area contributed by atoms with Crippen molar-refractivity contribution in [3.63, 3.8) is 0 Å². The van der Waals surface area contributed by atoms with Gasteiger partial charge in [0.05, 0.1) is 29.8 Å². The molecule has 1 aliphatic rings. The Morgan fingerprint density at radius 3 is 2.74 bits per heavy atom. The minimum Gasteiger partial charge on any atom is -0.490 e. The lowest BCUT2D eigenvalue weighted by Gasteiger charge is -2.27. The second kappa shape index (κ2) is 6.75. The van der Waals surface area contributed by atoms with Gasteiger partial charge in [-0.25, -0.2) is 9.67 Å². The van der Waals surface area contributed by atoms with E-state index >= 15 is 0 Å². The molecule has 0 saturated carbocycles. The van der Waals surface area contributed by atoms with E-state index in [1.807, 2.05) is 51.2 Å². The topological polar surface area (TPSA) is 72.3 Å². The van der Waals surface area contributed by atoms with Crippen LogP contribution in [-0.4, -0.2) is 40.9 Å². The molecule has 7 heteroatoms. The summed E-state index contributed by atoms with van der Waals surface area (Å²) >= 11 is 0. The number of ether oxygens (including phenoxy) is 1. The summed E-state index contributed by atoms with van der Waals surface area (Å²) in [6, 6.07) is 11.1. The molecule has 4 rings (SSSR count). The standard InChI is InChI=1S/C20H21N5O2/c1-13-10-14(2)25(23-13)19-7-5-16(12-21-19)22-20(26)15-4-6-18-17(11-15)24(3)8-9-27-18/h4-7,10-12H,8-9H2,1-3H3,(H,22,26). The number of carbonyl (C=O) groups is 1. The van der Waals surface area contributed by atoms with Crippen LogP contribution in [0, 0.1) is 13.8 Å². The largest absolute Gasteiger partial charge is 0.490 e. The summed E-state index contributed by atoms with van der Waals surface area (Å²) in [7, 11) is 1.99. The molecule has 138 valence electrons. The van der Waals surface area contributed by atoms with Crippen molar-refractivity contribution in [2.75, 3.05) is 30.4 Å². The van der Waals surface area contributed by atoms with Crippen LogP contribution < -0.4 is 15.0 Å². The highest BCUT2D eigenvalue weighted by Crippen LogP contribution is 2.31. The summed E-state index contributed by atoms with van der Waals surface area (Å²) in [4.78, 5) is 19.1. The highest BCUT2D eigenvalue weighted by atomic mass is 16.5. The maximum absolute atomic E-state index is 12.6. The Kier molecular flexibility index (Phi) is 4.27. The monoisotopic (exact) mass is 363 g/mol. The van der Waals surface area contributed by atoms with Gasteiger partial charge in [-0.05, 0) is 50.2 Å². The zero-order valence-electron chi connectivity index (χ0n) is 15.6. The highest BCUT2D eigenvalue weighted by molar-refractivity contribution is 6.05. The van der Waals surface area contributed by atoms with Crippen molar-refractivity contribution in [1.82, 2.24) is 14.8 Å². The van der Waals surface area contributed by atoms with Gasteiger partial charge in [-0.1, -0.05) is 0 Å². The number of carbonyl (C=O) groups excluding carboxylic acids is 1.